The van der Waals surface area contributed by atoms with Crippen LogP contribution in [0.15, 0.2) is 72.8 Å². The van der Waals surface area contributed by atoms with Crippen LogP contribution in [-0.2, 0) is 68.5 Å². The maximum atomic E-state index is 14.2. The van der Waals surface area contributed by atoms with Crippen molar-refractivity contribution in [3.05, 3.63) is 72.8 Å². The largest absolute Gasteiger partial charge is 0.559 e. The second-order valence-corrected chi connectivity index (χ2v) is 28.7. The molecule has 0 saturated carbocycles. The molecule has 0 aliphatic heterocycles. The molecule has 3 N–H and O–H groups in total. The highest BCUT2D eigenvalue weighted by molar-refractivity contribution is 7.00. The van der Waals surface area contributed by atoms with Crippen molar-refractivity contribution in [3.63, 3.8) is 0 Å². The van der Waals surface area contributed by atoms with Crippen molar-refractivity contribution in [1.82, 2.24) is 0 Å². The number of halogens is 6. The van der Waals surface area contributed by atoms with Crippen LogP contribution in [0.5, 0.6) is 0 Å². The highest BCUT2D eigenvalue weighted by Crippen LogP contribution is 2.42. The number of hydrogen-bond acceptors (Lipinski definition) is 17. The number of ether oxygens (including phenoxy) is 3. The Balaban J connectivity index is 0.00000394. The van der Waals surface area contributed by atoms with E-state index in [1.165, 1.54) is 13.8 Å². The fourth-order valence-electron chi connectivity index (χ4n) is 8.15. The summed E-state index contributed by atoms with van der Waals surface area (Å²) in [6, 6.07) is 15.8. The van der Waals surface area contributed by atoms with Crippen LogP contribution in [0.4, 0.5) is 26.3 Å². The van der Waals surface area contributed by atoms with Gasteiger partial charge in [-0.05, 0) is 83.5 Å². The molecule has 2 aromatic rings. The molecule has 0 aromatic heterocycles. The second kappa shape index (κ2) is 33.3. The van der Waals surface area contributed by atoms with Crippen LogP contribution in [0.1, 0.15) is 101 Å². The van der Waals surface area contributed by atoms with E-state index >= 15 is 0 Å². The van der Waals surface area contributed by atoms with Gasteiger partial charge in [-0.1, -0.05) is 101 Å². The van der Waals surface area contributed by atoms with Crippen LogP contribution in [0.2, 0.25) is 18.1 Å². The Bertz CT molecular complexity index is 2080. The molecule has 0 fully saturated rings. The maximum absolute atomic E-state index is 14.2. The molecule has 0 bridgehead atoms. The zero-order valence-corrected chi connectivity index (χ0v) is 49.2. The molecule has 28 heteroatoms. The first-order valence-corrected chi connectivity index (χ1v) is 32.9. The number of hydrogen-bond donors (Lipinski definition) is 3. The van der Waals surface area contributed by atoms with Gasteiger partial charge in [0.05, 0.1) is 31.2 Å². The molecule has 2 aromatic carbocycles. The quantitative estimate of drug-likeness (QED) is 0.0149. The number of carboxylic acid groups (broad SMARTS) is 1. The summed E-state index contributed by atoms with van der Waals surface area (Å²) in [5.41, 5.74) is -0.966. The second-order valence-electron chi connectivity index (χ2n) is 17.6. The van der Waals surface area contributed by atoms with E-state index in [4.69, 9.17) is 54.5 Å². The van der Waals surface area contributed by atoms with Gasteiger partial charge in [-0.2, -0.15) is 26.3 Å². The van der Waals surface area contributed by atoms with Crippen LogP contribution in [0, 0.1) is 17.3 Å². The van der Waals surface area contributed by atoms with E-state index in [9.17, 15) is 55.1 Å². The zero-order valence-electron chi connectivity index (χ0n) is 45.2. The number of carbonyl (C=O) groups excluding carboxylic acids is 4. The third-order valence-corrected chi connectivity index (χ3v) is 24.9. The number of carbonyl (C=O) groups is 5. The standard InChI is InChI=1S/C47H75F3O16Si4.C2HF3O2/c1-11-30-46(10,44(53)59-33-24-34-67(55,60-13-3)61-14-4)41(12-2)38(9)43(52)58-32-25-36-69(63-16-6,64-45(54)47(48,49)50)66-70(39-26-19-17-20-27-39,40-28-21-18-22-29-40)65-68(56,62-15-5)35-23-31-57-42(51)37(7)8;3-2(4,5)1(6)7/h17-22,26-29,38,41,55-56H,7,11-16,23-25,30-36H2,1-6,8-10H3;(H,6,7). The lowest BCUT2D eigenvalue weighted by Gasteiger charge is -2.42. The Morgan fingerprint density at radius 3 is 1.49 bits per heavy atom. The van der Waals surface area contributed by atoms with Gasteiger partial charge < -0.3 is 59.3 Å². The molecule has 0 spiro atoms. The summed E-state index contributed by atoms with van der Waals surface area (Å²) in [5.74, 6) is -8.63. The Morgan fingerprint density at radius 1 is 0.623 bits per heavy atom. The summed E-state index contributed by atoms with van der Waals surface area (Å²) in [6.45, 7) is 18.4. The van der Waals surface area contributed by atoms with Gasteiger partial charge in [0.15, 0.2) is 0 Å². The van der Waals surface area contributed by atoms with Gasteiger partial charge in [-0.25, -0.2) is 14.4 Å². The van der Waals surface area contributed by atoms with E-state index < -0.39 is 100 Å². The van der Waals surface area contributed by atoms with Gasteiger partial charge >= 0.3 is 77.2 Å². The average molecular weight is 1180 g/mol. The Morgan fingerprint density at radius 2 is 1.06 bits per heavy atom. The Kier molecular flexibility index (Phi) is 30.6. The van der Waals surface area contributed by atoms with Crippen molar-refractivity contribution in [1.29, 1.82) is 0 Å². The topological polar surface area (TPSA) is 238 Å². The number of carboxylic acids is 1. The van der Waals surface area contributed by atoms with Gasteiger partial charge in [-0.15, -0.1) is 0 Å². The van der Waals surface area contributed by atoms with Crippen molar-refractivity contribution in [2.24, 2.45) is 17.3 Å². The minimum Gasteiger partial charge on any atom is -0.475 e. The Labute approximate surface area is 451 Å². The summed E-state index contributed by atoms with van der Waals surface area (Å²) in [6.07, 6.45) is -9.12. The van der Waals surface area contributed by atoms with Crippen LogP contribution in [-0.4, -0.2) is 138 Å². The molecule has 0 heterocycles. The van der Waals surface area contributed by atoms with E-state index in [1.54, 1.807) is 95.3 Å². The average Bonchev–Trinajstić information content (AvgIpc) is 3.35. The van der Waals surface area contributed by atoms with Gasteiger partial charge in [0, 0.05) is 50.1 Å². The number of rotatable bonds is 35. The molecule has 0 aliphatic carbocycles. The normalized spacial score (nSPS) is 15.2. The molecule has 438 valence electrons. The summed E-state index contributed by atoms with van der Waals surface area (Å²) < 4.78 is 133. The molecule has 2 rings (SSSR count). The fraction of sp³-hybridized carbons (Fsp3) is 0.612. The van der Waals surface area contributed by atoms with E-state index in [-0.39, 0.29) is 83.2 Å². The minimum atomic E-state index is -5.49. The SMILES string of the molecule is C=C(C)C(=O)OCCC[Si](O)(OCC)O[Si](O[Si](CCCOC(=O)C(C)C(CC)C(C)(CCC)C(=O)OCCC[Si](O)(OCC)OCC)(OCC)OC(=O)C(F)(F)F)(c1ccccc1)c1ccccc1.O=C(O)C(F)(F)F. The van der Waals surface area contributed by atoms with Crippen LogP contribution in [0.3, 0.4) is 0 Å². The summed E-state index contributed by atoms with van der Waals surface area (Å²) in [5, 5.41) is 7.71. The van der Waals surface area contributed by atoms with E-state index in [0.717, 1.165) is 0 Å². The van der Waals surface area contributed by atoms with Gasteiger partial charge in [0.2, 0.25) is 0 Å². The first-order chi connectivity index (χ1) is 35.9. The van der Waals surface area contributed by atoms with E-state index in [2.05, 4.69) is 6.58 Å². The molecular weight excluding hydrogens is 1100 g/mol. The lowest BCUT2D eigenvalue weighted by molar-refractivity contribution is -0.194. The molecule has 0 aliphatic rings. The van der Waals surface area contributed by atoms with Crippen LogP contribution in [0.25, 0.3) is 0 Å². The van der Waals surface area contributed by atoms with Crippen molar-refractivity contribution in [2.75, 3.05) is 46.2 Å². The first kappa shape index (κ1) is 70.7. The van der Waals surface area contributed by atoms with Crippen LogP contribution >= 0.6 is 0 Å². The highest BCUT2D eigenvalue weighted by atomic mass is 28.5. The van der Waals surface area contributed by atoms with Gasteiger partial charge in [-0.3, -0.25) is 9.59 Å². The fourth-order valence-corrected chi connectivity index (χ4v) is 21.9. The van der Waals surface area contributed by atoms with E-state index in [0.29, 0.717) is 29.6 Å². The molecule has 18 nitrogen and oxygen atoms in total. The summed E-state index contributed by atoms with van der Waals surface area (Å²) in [7, 11) is -17.6. The maximum Gasteiger partial charge on any atom is 0.559 e. The highest BCUT2D eigenvalue weighted by Gasteiger charge is 2.61. The summed E-state index contributed by atoms with van der Waals surface area (Å²) in [4.78, 5) is 84.7. The van der Waals surface area contributed by atoms with Gasteiger partial charge in [0.25, 0.3) is 0 Å². The molecule has 5 unspecified atom stereocenters. The molecule has 0 amide bonds. The molecule has 5 atom stereocenters. The van der Waals surface area contributed by atoms with E-state index in [1.807, 2.05) is 13.8 Å². The molecule has 77 heavy (non-hydrogen) atoms. The lowest BCUT2D eigenvalue weighted by Crippen LogP contribution is -2.73. The van der Waals surface area contributed by atoms with Crippen molar-refractivity contribution < 1.29 is 110 Å². The predicted molar refractivity (Wildman–Crippen MR) is 276 cm³/mol. The smallest absolute Gasteiger partial charge is 0.475 e. The minimum absolute atomic E-state index is 0.0148. The summed E-state index contributed by atoms with van der Waals surface area (Å²) >= 11 is 0. The third kappa shape index (κ3) is 23.1. The number of benzene rings is 2. The number of esters is 3. The predicted octanol–water partition coefficient (Wildman–Crippen LogP) is 7.81. The Hall–Kier alpha value is -4.34. The monoisotopic (exact) mass is 1180 g/mol. The zero-order chi connectivity index (χ0) is 58.7. The van der Waals surface area contributed by atoms with Crippen molar-refractivity contribution >= 4 is 75.2 Å². The molecular formula is C49H76F6O18Si4. The third-order valence-electron chi connectivity index (χ3n) is 11.5. The van der Waals surface area contributed by atoms with Crippen molar-refractivity contribution in [2.45, 2.75) is 131 Å². The molecule has 0 saturated heterocycles. The lowest BCUT2D eigenvalue weighted by atomic mass is 9.67. The molecule has 0 radical (unpaired) electrons. The van der Waals surface area contributed by atoms with Crippen molar-refractivity contribution in [3.8, 4) is 0 Å². The van der Waals surface area contributed by atoms with Crippen LogP contribution < -0.4 is 10.4 Å². The number of alkyl halides is 6. The van der Waals surface area contributed by atoms with Gasteiger partial charge in [0.1, 0.15) is 0 Å². The first-order valence-electron chi connectivity index (χ1n) is 25.2. The number of aliphatic carboxylic acids is 1.